The molecule has 2 amide bonds. The molecule has 12 nitrogen and oxygen atoms in total. The quantitative estimate of drug-likeness (QED) is 0.345. The van der Waals surface area contributed by atoms with E-state index in [4.69, 9.17) is 44.3 Å². The van der Waals surface area contributed by atoms with Crippen LogP contribution in [0.2, 0.25) is 15.1 Å². The van der Waals surface area contributed by atoms with Crippen molar-refractivity contribution in [3.8, 4) is 17.2 Å². The Morgan fingerprint density at radius 3 is 2.54 bits per heavy atom. The first-order valence-electron chi connectivity index (χ1n) is 11.2. The van der Waals surface area contributed by atoms with Crippen LogP contribution in [0.5, 0.6) is 17.2 Å². The summed E-state index contributed by atoms with van der Waals surface area (Å²) in [6, 6.07) is 8.56. The van der Waals surface area contributed by atoms with Crippen LogP contribution in [0, 0.1) is 0 Å². The van der Waals surface area contributed by atoms with Gasteiger partial charge in [0.25, 0.3) is 5.91 Å². The zero-order valence-electron chi connectivity index (χ0n) is 19.6. The monoisotopic (exact) mass is 610 g/mol. The van der Waals surface area contributed by atoms with E-state index in [0.29, 0.717) is 21.4 Å². The van der Waals surface area contributed by atoms with Gasteiger partial charge in [-0.3, -0.25) is 14.5 Å². The van der Waals surface area contributed by atoms with Crippen molar-refractivity contribution < 1.29 is 29.0 Å². The number of nitrogens with zero attached hydrogens (tertiary/aromatic N) is 5. The fraction of sp³-hybridized carbons (Fsp3) is 0.217. The molecule has 2 aliphatic heterocycles. The van der Waals surface area contributed by atoms with E-state index in [-0.39, 0.29) is 41.1 Å². The molecule has 2 aromatic carbocycles. The second kappa shape index (κ2) is 11.3. The molecule has 3 heterocycles. The van der Waals surface area contributed by atoms with Crippen molar-refractivity contribution in [1.29, 1.82) is 0 Å². The number of rotatable bonds is 9. The minimum Gasteiger partial charge on any atom is -0.485 e. The fourth-order valence-electron chi connectivity index (χ4n) is 3.93. The first-order chi connectivity index (χ1) is 18.7. The zero-order chi connectivity index (χ0) is 27.7. The van der Waals surface area contributed by atoms with Crippen molar-refractivity contribution in [1.82, 2.24) is 30.4 Å². The highest BCUT2D eigenvalue weighted by molar-refractivity contribution is 8.00. The Morgan fingerprint density at radius 1 is 1.10 bits per heavy atom. The molecule has 1 aromatic heterocycles. The Kier molecular flexibility index (Phi) is 7.84. The summed E-state index contributed by atoms with van der Waals surface area (Å²) >= 11 is 19.6. The molecule has 3 aromatic rings. The van der Waals surface area contributed by atoms with Crippen LogP contribution in [-0.4, -0.2) is 71.8 Å². The molecule has 16 heteroatoms. The number of thioether (sulfide) groups is 1. The lowest BCUT2D eigenvalue weighted by Gasteiger charge is -2.49. The number of carbonyl (C=O) groups is 3. The number of carbonyl (C=O) groups excluding carboxylic acids is 2. The molecule has 0 bridgehead atoms. The van der Waals surface area contributed by atoms with Crippen LogP contribution in [0.3, 0.4) is 0 Å². The summed E-state index contributed by atoms with van der Waals surface area (Å²) in [5.74, 6) is -1.22. The predicted octanol–water partition coefficient (Wildman–Crippen LogP) is 3.24. The Morgan fingerprint density at radius 2 is 1.85 bits per heavy atom. The normalized spacial score (nSPS) is 18.3. The van der Waals surface area contributed by atoms with Gasteiger partial charge in [-0.25, -0.2) is 9.48 Å². The molecule has 2 N–H and O–H groups in total. The summed E-state index contributed by atoms with van der Waals surface area (Å²) in [7, 11) is 0. The number of halogens is 3. The third-order valence-corrected chi connectivity index (χ3v) is 7.79. The smallest absolute Gasteiger partial charge is 0.352 e. The van der Waals surface area contributed by atoms with Crippen LogP contribution in [0.4, 0.5) is 0 Å². The molecule has 2 atom stereocenters. The molecule has 1 saturated heterocycles. The lowest BCUT2D eigenvalue weighted by molar-refractivity contribution is -0.150. The number of hydrogen-bond donors (Lipinski definition) is 2. The highest BCUT2D eigenvalue weighted by Crippen LogP contribution is 2.42. The number of tetrazole rings is 1. The summed E-state index contributed by atoms with van der Waals surface area (Å²) in [4.78, 5) is 38.5. The van der Waals surface area contributed by atoms with E-state index < -0.39 is 29.2 Å². The number of hydrogen-bond acceptors (Lipinski definition) is 9. The molecule has 0 aliphatic carbocycles. The van der Waals surface area contributed by atoms with Gasteiger partial charge in [-0.05, 0) is 40.8 Å². The molecule has 39 heavy (non-hydrogen) atoms. The fourth-order valence-corrected chi connectivity index (χ4v) is 5.87. The molecular formula is C23H17Cl3N6O6S. The lowest BCUT2D eigenvalue weighted by atomic mass is 10.0. The number of nitrogens with one attached hydrogen (secondary N) is 1. The minimum atomic E-state index is -1.29. The molecule has 2 aliphatic rings. The summed E-state index contributed by atoms with van der Waals surface area (Å²) in [6.45, 7) is -0.341. The van der Waals surface area contributed by atoms with Gasteiger partial charge in [0, 0.05) is 27.4 Å². The summed E-state index contributed by atoms with van der Waals surface area (Å²) in [6.07, 6.45) is 1.27. The average Bonchev–Trinajstić information content (AvgIpc) is 3.41. The number of carboxylic acid groups (broad SMARTS) is 1. The number of aromatic nitrogens is 4. The van der Waals surface area contributed by atoms with Gasteiger partial charge in [-0.2, -0.15) is 0 Å². The highest BCUT2D eigenvalue weighted by atomic mass is 35.5. The maximum Gasteiger partial charge on any atom is 0.352 e. The maximum absolute atomic E-state index is 12.9. The van der Waals surface area contributed by atoms with Crippen molar-refractivity contribution in [3.05, 3.63) is 69.1 Å². The predicted molar refractivity (Wildman–Crippen MR) is 141 cm³/mol. The number of ether oxygens (including phenoxy) is 2. The first-order valence-corrected chi connectivity index (χ1v) is 13.3. The van der Waals surface area contributed by atoms with E-state index in [0.717, 1.165) is 4.90 Å². The van der Waals surface area contributed by atoms with Gasteiger partial charge in [0.2, 0.25) is 5.91 Å². The van der Waals surface area contributed by atoms with Crippen LogP contribution >= 0.6 is 46.6 Å². The minimum absolute atomic E-state index is 0.160. The molecule has 5 rings (SSSR count). The second-order valence-corrected chi connectivity index (χ2v) is 10.7. The van der Waals surface area contributed by atoms with Crippen LogP contribution in [0.25, 0.3) is 0 Å². The number of aliphatic carboxylic acids is 1. The van der Waals surface area contributed by atoms with Crippen molar-refractivity contribution in [2.45, 2.75) is 18.0 Å². The Hall–Kier alpha value is -3.52. The number of fused-ring (bicyclic) bond motifs is 1. The van der Waals surface area contributed by atoms with E-state index in [1.165, 1.54) is 34.9 Å². The second-order valence-electron chi connectivity index (χ2n) is 8.28. The Balaban J connectivity index is 1.30. The van der Waals surface area contributed by atoms with Gasteiger partial charge in [0.05, 0.1) is 5.02 Å². The third kappa shape index (κ3) is 5.76. The van der Waals surface area contributed by atoms with Crippen LogP contribution < -0.4 is 14.8 Å². The molecule has 0 saturated carbocycles. The van der Waals surface area contributed by atoms with Gasteiger partial charge < -0.3 is 19.9 Å². The van der Waals surface area contributed by atoms with Crippen molar-refractivity contribution in [3.63, 3.8) is 0 Å². The number of carboxylic acids is 1. The third-order valence-electron chi connectivity index (χ3n) is 5.68. The van der Waals surface area contributed by atoms with Gasteiger partial charge >= 0.3 is 5.97 Å². The van der Waals surface area contributed by atoms with Crippen molar-refractivity contribution in [2.75, 3.05) is 12.4 Å². The van der Waals surface area contributed by atoms with E-state index in [9.17, 15) is 19.5 Å². The molecule has 0 unspecified atom stereocenters. The number of benzene rings is 2. The maximum atomic E-state index is 12.9. The average molecular weight is 612 g/mol. The Bertz CT molecular complexity index is 1490. The summed E-state index contributed by atoms with van der Waals surface area (Å²) in [5.41, 5.74) is 0.172. The molecule has 0 spiro atoms. The van der Waals surface area contributed by atoms with E-state index in [1.54, 1.807) is 24.3 Å². The van der Waals surface area contributed by atoms with Crippen molar-refractivity contribution >= 4 is 64.3 Å². The van der Waals surface area contributed by atoms with Gasteiger partial charge in [-0.1, -0.05) is 34.8 Å². The largest absolute Gasteiger partial charge is 0.485 e. The first kappa shape index (κ1) is 27.1. The van der Waals surface area contributed by atoms with Gasteiger partial charge in [-0.15, -0.1) is 16.9 Å². The van der Waals surface area contributed by atoms with Crippen LogP contribution in [0.1, 0.15) is 0 Å². The lowest BCUT2D eigenvalue weighted by Crippen LogP contribution is -2.70. The van der Waals surface area contributed by atoms with Gasteiger partial charge in [0.1, 0.15) is 42.3 Å². The topological polar surface area (TPSA) is 149 Å². The molecule has 0 radical (unpaired) electrons. The SMILES string of the molecule is O=C(Cn1cnnn1)N[C@@H]1C(=O)N2C(C(=O)O)=C(COc3cc(Cl)ccc3Oc3ccc(Cl)cc3Cl)CS[C@H]12. The van der Waals surface area contributed by atoms with E-state index in [2.05, 4.69) is 20.8 Å². The summed E-state index contributed by atoms with van der Waals surface area (Å²) in [5, 5.41) is 23.6. The standard InChI is InChI=1S/C23H17Cl3N6O6S/c24-12-1-3-15(14(26)5-12)38-16-4-2-13(25)6-17(16)37-8-11-9-39-22-19(21(34)32(22)20(11)23(35)36)28-18(33)7-31-10-27-29-30-31/h1-6,10,19,22H,7-9H2,(H,28,33)(H,35,36)/t19-,22-/m1/s1. The molecule has 1 fully saturated rings. The molecule has 202 valence electrons. The number of amides is 2. The van der Waals surface area contributed by atoms with E-state index >= 15 is 0 Å². The summed E-state index contributed by atoms with van der Waals surface area (Å²) < 4.78 is 13.0. The Labute approximate surface area is 239 Å². The van der Waals surface area contributed by atoms with Crippen molar-refractivity contribution in [2.24, 2.45) is 0 Å². The van der Waals surface area contributed by atoms with Crippen LogP contribution in [0.15, 0.2) is 54.0 Å². The van der Waals surface area contributed by atoms with Gasteiger partial charge in [0.15, 0.2) is 11.5 Å². The van der Waals surface area contributed by atoms with Crippen LogP contribution in [-0.2, 0) is 20.9 Å². The number of β-lactam (4-membered cyclic amide) rings is 1. The highest BCUT2D eigenvalue weighted by Gasteiger charge is 2.54. The molecular weight excluding hydrogens is 595 g/mol. The van der Waals surface area contributed by atoms with E-state index in [1.807, 2.05) is 0 Å². The zero-order valence-corrected chi connectivity index (χ0v) is 22.7.